The average Bonchev–Trinajstić information content (AvgIpc) is 2.86. The second-order valence-corrected chi connectivity index (χ2v) is 12.7. The van der Waals surface area contributed by atoms with Gasteiger partial charge < -0.3 is 18.9 Å². The smallest absolute Gasteiger partial charge is 0.790 e. The molecule has 0 unspecified atom stereocenters. The molecule has 0 radical (unpaired) electrons. The van der Waals surface area contributed by atoms with Crippen LogP contribution in [0.4, 0.5) is 0 Å². The first-order chi connectivity index (χ1) is 18.1. The van der Waals surface area contributed by atoms with Gasteiger partial charge in [-0.15, -0.1) is 0 Å². The molecular formula is C32H65CaO4P. The number of phosphoric acid groups is 1. The zero-order valence-electron chi connectivity index (χ0n) is 25.7. The van der Waals surface area contributed by atoms with Gasteiger partial charge in [-0.05, 0) is 6.42 Å². The number of phosphoric ester groups is 1. The SMILES string of the molecule is CCCCCCCCCCCCCCCCCCCCCCCCCCCCCCCCOP(=O)([O-])[O-].[Ca+2]. The summed E-state index contributed by atoms with van der Waals surface area (Å²) in [4.78, 5) is 20.7. The Hall–Kier alpha value is 1.37. The molecule has 224 valence electrons. The van der Waals surface area contributed by atoms with Gasteiger partial charge in [0.15, 0.2) is 0 Å². The van der Waals surface area contributed by atoms with Gasteiger partial charge in [0.05, 0.1) is 14.4 Å². The van der Waals surface area contributed by atoms with Crippen molar-refractivity contribution < 1.29 is 18.9 Å². The molecule has 0 saturated carbocycles. The number of hydrogen-bond donors (Lipinski definition) is 0. The first kappa shape index (κ1) is 41.5. The Labute approximate surface area is 268 Å². The molecular weight excluding hydrogens is 519 g/mol. The fourth-order valence-electron chi connectivity index (χ4n) is 5.30. The second-order valence-electron chi connectivity index (χ2n) is 11.5. The number of unbranched alkanes of at least 4 members (excludes halogenated alkanes) is 29. The maximum atomic E-state index is 10.3. The van der Waals surface area contributed by atoms with Gasteiger partial charge in [-0.3, -0.25) is 0 Å². The molecule has 0 amide bonds. The minimum atomic E-state index is -4.77. The van der Waals surface area contributed by atoms with Crippen LogP contribution in [0.2, 0.25) is 0 Å². The molecule has 38 heavy (non-hydrogen) atoms. The van der Waals surface area contributed by atoms with Crippen LogP contribution in [0.5, 0.6) is 0 Å². The van der Waals surface area contributed by atoms with Gasteiger partial charge in [-0.25, -0.2) is 0 Å². The zero-order chi connectivity index (χ0) is 27.1. The maximum absolute atomic E-state index is 10.3. The summed E-state index contributed by atoms with van der Waals surface area (Å²) in [5.41, 5.74) is 0. The third-order valence-electron chi connectivity index (χ3n) is 7.75. The monoisotopic (exact) mass is 584 g/mol. The van der Waals surface area contributed by atoms with Gasteiger partial charge in [-0.2, -0.15) is 0 Å². The van der Waals surface area contributed by atoms with Crippen LogP contribution in [-0.2, 0) is 9.09 Å². The molecule has 0 aromatic rings. The van der Waals surface area contributed by atoms with Crippen LogP contribution in [0.25, 0.3) is 0 Å². The summed E-state index contributed by atoms with van der Waals surface area (Å²) in [5, 5.41) is 0. The van der Waals surface area contributed by atoms with Gasteiger partial charge in [0.2, 0.25) is 0 Å². The van der Waals surface area contributed by atoms with E-state index in [9.17, 15) is 14.4 Å². The van der Waals surface area contributed by atoms with Crippen molar-refractivity contribution in [3.05, 3.63) is 0 Å². The minimum absolute atomic E-state index is 0. The Morgan fingerprint density at radius 3 is 0.763 bits per heavy atom. The Balaban J connectivity index is 0. The van der Waals surface area contributed by atoms with Crippen LogP contribution in [0.3, 0.4) is 0 Å². The summed E-state index contributed by atoms with van der Waals surface area (Å²) in [7, 11) is -4.77. The van der Waals surface area contributed by atoms with Crippen LogP contribution in [0, 0.1) is 0 Å². The van der Waals surface area contributed by atoms with E-state index in [0.717, 1.165) is 12.8 Å². The summed E-state index contributed by atoms with van der Waals surface area (Å²) in [6.45, 7) is 2.34. The fourth-order valence-corrected chi connectivity index (χ4v) is 5.65. The minimum Gasteiger partial charge on any atom is -0.790 e. The molecule has 0 fully saturated rings. The molecule has 0 rings (SSSR count). The van der Waals surface area contributed by atoms with Crippen molar-refractivity contribution in [2.24, 2.45) is 0 Å². The molecule has 0 aromatic heterocycles. The molecule has 0 aliphatic carbocycles. The van der Waals surface area contributed by atoms with E-state index in [1.165, 1.54) is 173 Å². The van der Waals surface area contributed by atoms with E-state index in [4.69, 9.17) is 0 Å². The van der Waals surface area contributed by atoms with E-state index in [1.54, 1.807) is 0 Å². The zero-order valence-corrected chi connectivity index (χ0v) is 28.8. The topological polar surface area (TPSA) is 72.4 Å². The quantitative estimate of drug-likeness (QED) is 0.0448. The van der Waals surface area contributed by atoms with Crippen LogP contribution < -0.4 is 9.79 Å². The van der Waals surface area contributed by atoms with Crippen LogP contribution >= 0.6 is 7.82 Å². The Morgan fingerprint density at radius 2 is 0.579 bits per heavy atom. The van der Waals surface area contributed by atoms with E-state index < -0.39 is 7.82 Å². The molecule has 0 spiro atoms. The molecule has 0 aromatic carbocycles. The molecule has 0 aliphatic heterocycles. The molecule has 0 N–H and O–H groups in total. The maximum Gasteiger partial charge on any atom is 2.00 e. The van der Waals surface area contributed by atoms with Crippen molar-refractivity contribution in [3.63, 3.8) is 0 Å². The van der Waals surface area contributed by atoms with E-state index in [2.05, 4.69) is 11.4 Å². The summed E-state index contributed by atoms with van der Waals surface area (Å²) in [6, 6.07) is 0. The van der Waals surface area contributed by atoms with Crippen molar-refractivity contribution in [1.82, 2.24) is 0 Å². The van der Waals surface area contributed by atoms with Crippen LogP contribution in [0.15, 0.2) is 0 Å². The predicted molar refractivity (Wildman–Crippen MR) is 163 cm³/mol. The van der Waals surface area contributed by atoms with E-state index in [1.807, 2.05) is 0 Å². The Morgan fingerprint density at radius 1 is 0.395 bits per heavy atom. The largest absolute Gasteiger partial charge is 2.00 e. The van der Waals surface area contributed by atoms with Gasteiger partial charge in [-0.1, -0.05) is 193 Å². The summed E-state index contributed by atoms with van der Waals surface area (Å²) in [5.74, 6) is 0. The predicted octanol–water partition coefficient (Wildman–Crippen LogP) is 10.2. The van der Waals surface area contributed by atoms with Crippen LogP contribution in [-0.4, -0.2) is 44.3 Å². The van der Waals surface area contributed by atoms with Crippen molar-refractivity contribution in [2.75, 3.05) is 6.61 Å². The summed E-state index contributed by atoms with van der Waals surface area (Å²) >= 11 is 0. The van der Waals surface area contributed by atoms with Gasteiger partial charge >= 0.3 is 37.7 Å². The normalized spacial score (nSPS) is 11.7. The standard InChI is InChI=1S/C32H67O4P.Ca/c1-2-3-4-5-6-7-8-9-10-11-12-13-14-15-16-17-18-19-20-21-22-23-24-25-26-27-28-29-30-31-32-36-37(33,34)35;/h2-32H2,1H3,(H2,33,34,35);/q;+2/p-2. The van der Waals surface area contributed by atoms with E-state index in [-0.39, 0.29) is 44.3 Å². The van der Waals surface area contributed by atoms with Crippen molar-refractivity contribution >= 4 is 45.6 Å². The first-order valence-electron chi connectivity index (χ1n) is 16.7. The second kappa shape index (κ2) is 34.6. The Bertz CT molecular complexity index is 472. The molecule has 6 heteroatoms. The van der Waals surface area contributed by atoms with E-state index in [0.29, 0.717) is 6.42 Å². The third kappa shape index (κ3) is 39.5. The molecule has 4 nitrogen and oxygen atoms in total. The van der Waals surface area contributed by atoms with E-state index >= 15 is 0 Å². The molecule has 0 saturated heterocycles. The van der Waals surface area contributed by atoms with Crippen molar-refractivity contribution in [2.45, 2.75) is 200 Å². The van der Waals surface area contributed by atoms with Crippen molar-refractivity contribution in [3.8, 4) is 0 Å². The van der Waals surface area contributed by atoms with Crippen LogP contribution in [0.1, 0.15) is 200 Å². The molecule has 0 aliphatic rings. The van der Waals surface area contributed by atoms with Crippen molar-refractivity contribution in [1.29, 1.82) is 0 Å². The molecule has 0 heterocycles. The summed E-state index contributed by atoms with van der Waals surface area (Å²) < 4.78 is 14.6. The number of rotatable bonds is 32. The van der Waals surface area contributed by atoms with Gasteiger partial charge in [0.25, 0.3) is 0 Å². The average molecular weight is 585 g/mol. The summed E-state index contributed by atoms with van der Waals surface area (Å²) in [6.07, 6.45) is 41.0. The first-order valence-corrected chi connectivity index (χ1v) is 18.2. The Kier molecular flexibility index (Phi) is 37.8. The molecule has 0 bridgehead atoms. The van der Waals surface area contributed by atoms with Gasteiger partial charge in [0.1, 0.15) is 0 Å². The number of hydrogen-bond acceptors (Lipinski definition) is 4. The van der Waals surface area contributed by atoms with Gasteiger partial charge in [0, 0.05) is 0 Å². The molecule has 0 atom stereocenters. The third-order valence-corrected chi connectivity index (χ3v) is 8.25. The fraction of sp³-hybridized carbons (Fsp3) is 1.00.